The van der Waals surface area contributed by atoms with Crippen LogP contribution in [0.25, 0.3) is 0 Å². The summed E-state index contributed by atoms with van der Waals surface area (Å²) >= 11 is 0. The summed E-state index contributed by atoms with van der Waals surface area (Å²) in [5.41, 5.74) is 14.7. The van der Waals surface area contributed by atoms with Gasteiger partial charge in [-0.15, -0.1) is 0 Å². The number of primary amides is 2. The number of para-hydroxylation sites is 1. The molecule has 1 rings (SSSR count). The molecule has 0 fully saturated rings. The highest BCUT2D eigenvalue weighted by Crippen LogP contribution is 1.95. The molecule has 76 valence electrons. The van der Waals surface area contributed by atoms with Crippen molar-refractivity contribution in [2.75, 3.05) is 5.73 Å². The van der Waals surface area contributed by atoms with Crippen molar-refractivity contribution in [2.45, 2.75) is 0 Å². The Balaban J connectivity index is 0.000000364. The molecule has 8 N–H and O–H groups in total. The third-order valence-electron chi connectivity index (χ3n) is 1.27. The minimum Gasteiger partial charge on any atom is -0.423 e. The first-order valence-corrected chi connectivity index (χ1v) is 3.70. The van der Waals surface area contributed by atoms with Crippen molar-refractivity contribution in [1.29, 1.82) is 0 Å². The van der Waals surface area contributed by atoms with E-state index in [2.05, 4.69) is 11.5 Å². The van der Waals surface area contributed by atoms with E-state index in [-0.39, 0.29) is 0 Å². The highest BCUT2D eigenvalue weighted by Gasteiger charge is 2.12. The standard InChI is InChI=1S/C6H8BNO2.CH4N2O/c8-6-4-2-1-3-5(6)7(9)10;2-1(3)4/h1-4,9-10H,8H2;(H4,2,3,4). The van der Waals surface area contributed by atoms with Crippen LogP contribution < -0.4 is 22.7 Å². The lowest BCUT2D eigenvalue weighted by atomic mass is 9.79. The van der Waals surface area contributed by atoms with Crippen molar-refractivity contribution < 1.29 is 14.8 Å². The zero-order chi connectivity index (χ0) is 11.1. The van der Waals surface area contributed by atoms with E-state index in [0.29, 0.717) is 11.2 Å². The molecule has 0 saturated heterocycles. The Hall–Kier alpha value is -1.73. The van der Waals surface area contributed by atoms with Gasteiger partial charge in [0, 0.05) is 11.2 Å². The molecule has 0 aliphatic carbocycles. The topological polar surface area (TPSA) is 136 Å². The van der Waals surface area contributed by atoms with Crippen LogP contribution in [0.4, 0.5) is 10.5 Å². The molecule has 1 aromatic rings. The maximum atomic E-state index is 9.00. The number of urea groups is 1. The molecule has 0 bridgehead atoms. The fourth-order valence-corrected chi connectivity index (χ4v) is 0.746. The van der Waals surface area contributed by atoms with Crippen molar-refractivity contribution in [1.82, 2.24) is 0 Å². The molecule has 0 saturated carbocycles. The zero-order valence-corrected chi connectivity index (χ0v) is 7.42. The Morgan fingerprint density at radius 1 is 1.21 bits per heavy atom. The Morgan fingerprint density at radius 3 is 1.93 bits per heavy atom. The summed E-state index contributed by atoms with van der Waals surface area (Å²) in [4.78, 5) is 9.00. The third-order valence-corrected chi connectivity index (χ3v) is 1.27. The van der Waals surface area contributed by atoms with E-state index in [9.17, 15) is 0 Å². The highest BCUT2D eigenvalue weighted by atomic mass is 16.4. The number of hydrogen-bond acceptors (Lipinski definition) is 4. The second-order valence-electron chi connectivity index (χ2n) is 2.40. The Labute approximate surface area is 81.5 Å². The number of carbonyl (C=O) groups excluding carboxylic acids is 1. The van der Waals surface area contributed by atoms with Gasteiger partial charge in [-0.1, -0.05) is 18.2 Å². The number of benzene rings is 1. The van der Waals surface area contributed by atoms with Crippen LogP contribution in [0.2, 0.25) is 0 Å². The van der Waals surface area contributed by atoms with Crippen LogP contribution >= 0.6 is 0 Å². The summed E-state index contributed by atoms with van der Waals surface area (Å²) < 4.78 is 0. The van der Waals surface area contributed by atoms with Crippen molar-refractivity contribution in [3.8, 4) is 0 Å². The molecule has 0 heterocycles. The normalized spacial score (nSPS) is 8.43. The average Bonchev–Trinajstić information content (AvgIpc) is 2.03. The van der Waals surface area contributed by atoms with Gasteiger partial charge in [-0.25, -0.2) is 4.79 Å². The first-order valence-electron chi connectivity index (χ1n) is 3.70. The van der Waals surface area contributed by atoms with E-state index in [4.69, 9.17) is 20.6 Å². The van der Waals surface area contributed by atoms with Gasteiger partial charge >= 0.3 is 13.1 Å². The molecule has 0 atom stereocenters. The molecule has 0 radical (unpaired) electrons. The van der Waals surface area contributed by atoms with Crippen LogP contribution in [0.5, 0.6) is 0 Å². The summed E-state index contributed by atoms with van der Waals surface area (Å²) in [5.74, 6) is 0. The van der Waals surface area contributed by atoms with Crippen molar-refractivity contribution in [3.63, 3.8) is 0 Å². The number of amides is 2. The summed E-state index contributed by atoms with van der Waals surface area (Å²) in [5, 5.41) is 17.4. The van der Waals surface area contributed by atoms with Crippen molar-refractivity contribution >= 4 is 24.3 Å². The molecule has 0 spiro atoms. The molecule has 6 nitrogen and oxygen atoms in total. The molecule has 2 amide bonds. The Kier molecular flexibility index (Phi) is 5.12. The van der Waals surface area contributed by atoms with Gasteiger partial charge in [0.2, 0.25) is 0 Å². The average molecular weight is 197 g/mol. The molecule has 14 heavy (non-hydrogen) atoms. The van der Waals surface area contributed by atoms with Gasteiger partial charge in [-0.3, -0.25) is 0 Å². The SMILES string of the molecule is NC(N)=O.Nc1ccccc1B(O)O. The van der Waals surface area contributed by atoms with Gasteiger partial charge in [-0.2, -0.15) is 0 Å². The zero-order valence-electron chi connectivity index (χ0n) is 7.42. The van der Waals surface area contributed by atoms with Crippen LogP contribution in [0, 0.1) is 0 Å². The van der Waals surface area contributed by atoms with Crippen molar-refractivity contribution in [3.05, 3.63) is 24.3 Å². The first-order chi connectivity index (χ1) is 6.45. The minimum atomic E-state index is -1.47. The third kappa shape index (κ3) is 5.02. The molecule has 0 aliphatic rings. The van der Waals surface area contributed by atoms with Gasteiger partial charge in [0.05, 0.1) is 0 Å². The molecule has 7 heteroatoms. The number of rotatable bonds is 1. The summed E-state index contributed by atoms with van der Waals surface area (Å²) in [6.07, 6.45) is 0. The molecule has 0 aromatic heterocycles. The smallest absolute Gasteiger partial charge is 0.423 e. The van der Waals surface area contributed by atoms with Crippen LogP contribution in [-0.4, -0.2) is 23.2 Å². The molecule has 0 aliphatic heterocycles. The minimum absolute atomic E-state index is 0.350. The lowest BCUT2D eigenvalue weighted by Crippen LogP contribution is -2.31. The molecule has 0 unspecified atom stereocenters. The van der Waals surface area contributed by atoms with Gasteiger partial charge in [0.25, 0.3) is 0 Å². The number of carbonyl (C=O) groups is 1. The monoisotopic (exact) mass is 197 g/mol. The van der Waals surface area contributed by atoms with Crippen LogP contribution in [0.1, 0.15) is 0 Å². The second-order valence-corrected chi connectivity index (χ2v) is 2.40. The fraction of sp³-hybridized carbons (Fsp3) is 0. The lowest BCUT2D eigenvalue weighted by Gasteiger charge is -2.01. The van der Waals surface area contributed by atoms with Crippen molar-refractivity contribution in [2.24, 2.45) is 11.5 Å². The number of nitrogen functional groups attached to an aromatic ring is 1. The van der Waals surface area contributed by atoms with Gasteiger partial charge < -0.3 is 27.2 Å². The predicted octanol–water partition coefficient (Wildman–Crippen LogP) is -2.03. The maximum absolute atomic E-state index is 9.00. The predicted molar refractivity (Wildman–Crippen MR) is 54.5 cm³/mol. The number of hydrogen-bond donors (Lipinski definition) is 5. The lowest BCUT2D eigenvalue weighted by molar-refractivity contribution is 0.256. The van der Waals surface area contributed by atoms with Gasteiger partial charge in [0.15, 0.2) is 0 Å². The van der Waals surface area contributed by atoms with E-state index < -0.39 is 13.1 Å². The van der Waals surface area contributed by atoms with Gasteiger partial charge in [0.1, 0.15) is 0 Å². The summed E-state index contributed by atoms with van der Waals surface area (Å²) in [6, 6.07) is 5.79. The Bertz CT molecular complexity index is 302. The van der Waals surface area contributed by atoms with Crippen LogP contribution in [-0.2, 0) is 0 Å². The Morgan fingerprint density at radius 2 is 1.64 bits per heavy atom. The highest BCUT2D eigenvalue weighted by molar-refractivity contribution is 6.60. The second kappa shape index (κ2) is 5.84. The van der Waals surface area contributed by atoms with Gasteiger partial charge in [-0.05, 0) is 6.07 Å². The van der Waals surface area contributed by atoms with E-state index >= 15 is 0 Å². The molecule has 1 aromatic carbocycles. The summed E-state index contributed by atoms with van der Waals surface area (Å²) in [6.45, 7) is 0. The largest absolute Gasteiger partial charge is 0.490 e. The first kappa shape index (κ1) is 12.3. The van der Waals surface area contributed by atoms with Crippen LogP contribution in [0.3, 0.4) is 0 Å². The van der Waals surface area contributed by atoms with E-state index in [1.807, 2.05) is 0 Å². The molecular formula is C7H12BN3O3. The van der Waals surface area contributed by atoms with Crippen LogP contribution in [0.15, 0.2) is 24.3 Å². The fourth-order valence-electron chi connectivity index (χ4n) is 0.746. The number of nitrogens with two attached hydrogens (primary N) is 3. The van der Waals surface area contributed by atoms with E-state index in [1.165, 1.54) is 0 Å². The summed E-state index contributed by atoms with van der Waals surface area (Å²) in [7, 11) is -1.47. The van der Waals surface area contributed by atoms with E-state index in [0.717, 1.165) is 0 Å². The number of anilines is 1. The molecular weight excluding hydrogens is 185 g/mol. The van der Waals surface area contributed by atoms with E-state index in [1.54, 1.807) is 24.3 Å². The maximum Gasteiger partial charge on any atom is 0.490 e. The quantitative estimate of drug-likeness (QED) is 0.262.